The van der Waals surface area contributed by atoms with Crippen LogP contribution in [0.15, 0.2) is 35.7 Å². The van der Waals surface area contributed by atoms with Gasteiger partial charge in [0.1, 0.15) is 11.4 Å². The van der Waals surface area contributed by atoms with Crippen molar-refractivity contribution in [2.24, 2.45) is 5.92 Å². The fraction of sp³-hybridized carbons (Fsp3) is 0.400. The van der Waals surface area contributed by atoms with E-state index < -0.39 is 0 Å². The first-order valence-electron chi connectivity index (χ1n) is 11.6. The number of thiazole rings is 1. The number of piperidine rings is 1. The summed E-state index contributed by atoms with van der Waals surface area (Å²) in [5.41, 5.74) is 16.1. The van der Waals surface area contributed by atoms with E-state index in [1.807, 2.05) is 13.8 Å². The number of nitrogens with zero attached hydrogens (tertiary/aromatic N) is 3. The summed E-state index contributed by atoms with van der Waals surface area (Å²) in [7, 11) is 0. The Balaban J connectivity index is 1.24. The van der Waals surface area contributed by atoms with Gasteiger partial charge >= 0.3 is 0 Å². The van der Waals surface area contributed by atoms with Gasteiger partial charge < -0.3 is 21.5 Å². The molecule has 0 spiro atoms. The van der Waals surface area contributed by atoms with Crippen molar-refractivity contribution in [2.75, 3.05) is 37.7 Å². The minimum atomic E-state index is -0.259. The number of rotatable bonds is 8. The Kier molecular flexibility index (Phi) is 7.64. The number of pyridine rings is 1. The number of nitrogens with two attached hydrogens (primary N) is 2. The van der Waals surface area contributed by atoms with Crippen molar-refractivity contribution < 1.29 is 9.53 Å². The maximum absolute atomic E-state index is 12.6. The average Bonchev–Trinajstić information content (AvgIpc) is 3.28. The zero-order valence-electron chi connectivity index (χ0n) is 19.7. The predicted molar refractivity (Wildman–Crippen MR) is 137 cm³/mol. The molecule has 8 nitrogen and oxygen atoms in total. The molecule has 1 aliphatic heterocycles. The number of anilines is 2. The van der Waals surface area contributed by atoms with Gasteiger partial charge in [0.2, 0.25) is 5.88 Å². The van der Waals surface area contributed by atoms with Crippen LogP contribution in [0.1, 0.15) is 40.8 Å². The Hall–Kier alpha value is -3.17. The van der Waals surface area contributed by atoms with E-state index in [0.29, 0.717) is 24.8 Å². The van der Waals surface area contributed by atoms with E-state index in [2.05, 4.69) is 49.8 Å². The molecule has 4 rings (SSSR count). The van der Waals surface area contributed by atoms with Crippen LogP contribution < -0.4 is 21.5 Å². The van der Waals surface area contributed by atoms with E-state index >= 15 is 0 Å². The molecular weight excluding hydrogens is 448 g/mol. The number of hydrogen-bond acceptors (Lipinski definition) is 8. The molecule has 1 aliphatic rings. The summed E-state index contributed by atoms with van der Waals surface area (Å²) in [5.74, 6) is 0.383. The minimum absolute atomic E-state index is 0.204. The van der Waals surface area contributed by atoms with Crippen LogP contribution in [0.2, 0.25) is 0 Å². The highest BCUT2D eigenvalue weighted by Gasteiger charge is 2.21. The monoisotopic (exact) mass is 480 g/mol. The molecule has 0 saturated carbocycles. The number of amides is 1. The number of ether oxygens (including phenoxy) is 1. The molecule has 0 unspecified atom stereocenters. The average molecular weight is 481 g/mol. The Morgan fingerprint density at radius 3 is 2.59 bits per heavy atom. The molecule has 5 N–H and O–H groups in total. The molecule has 34 heavy (non-hydrogen) atoms. The molecule has 1 aromatic carbocycles. The molecule has 1 fully saturated rings. The fourth-order valence-electron chi connectivity index (χ4n) is 4.12. The second-order valence-corrected chi connectivity index (χ2v) is 9.69. The third-order valence-electron chi connectivity index (χ3n) is 6.10. The largest absolute Gasteiger partial charge is 0.476 e. The summed E-state index contributed by atoms with van der Waals surface area (Å²) < 4.78 is 5.39. The molecule has 3 heterocycles. The van der Waals surface area contributed by atoms with E-state index in [1.165, 1.54) is 11.6 Å². The fourth-order valence-corrected chi connectivity index (χ4v) is 4.75. The Labute approximate surface area is 204 Å². The number of aryl methyl sites for hydroxylation is 1. The van der Waals surface area contributed by atoms with Crippen LogP contribution in [-0.2, 0) is 6.54 Å². The summed E-state index contributed by atoms with van der Waals surface area (Å²) in [4.78, 5) is 23.9. The first-order valence-corrected chi connectivity index (χ1v) is 12.5. The van der Waals surface area contributed by atoms with Gasteiger partial charge in [-0.25, -0.2) is 9.97 Å². The molecule has 1 amide bonds. The van der Waals surface area contributed by atoms with Crippen LogP contribution in [0.4, 0.5) is 11.4 Å². The second-order valence-electron chi connectivity index (χ2n) is 8.63. The van der Waals surface area contributed by atoms with E-state index in [4.69, 9.17) is 16.2 Å². The molecule has 0 atom stereocenters. The van der Waals surface area contributed by atoms with Gasteiger partial charge in [0.05, 0.1) is 23.0 Å². The highest BCUT2D eigenvalue weighted by atomic mass is 32.1. The SMILES string of the molecule is CCOc1nc(C(=O)NCC2CCN(Cc3ccc(-c4csc(C)n4)cc3)CC2)cc(N)c1N. The summed E-state index contributed by atoms with van der Waals surface area (Å²) in [5, 5.41) is 6.18. The van der Waals surface area contributed by atoms with Gasteiger partial charge in [-0.2, -0.15) is 0 Å². The topological polar surface area (TPSA) is 119 Å². The molecule has 9 heteroatoms. The van der Waals surface area contributed by atoms with Crippen LogP contribution in [0, 0.1) is 12.8 Å². The highest BCUT2D eigenvalue weighted by molar-refractivity contribution is 7.09. The van der Waals surface area contributed by atoms with Crippen molar-refractivity contribution in [1.29, 1.82) is 0 Å². The number of benzene rings is 1. The lowest BCUT2D eigenvalue weighted by Crippen LogP contribution is -2.38. The number of carbonyl (C=O) groups excluding carboxylic acids is 1. The van der Waals surface area contributed by atoms with Crippen LogP contribution in [0.25, 0.3) is 11.3 Å². The van der Waals surface area contributed by atoms with Crippen molar-refractivity contribution in [3.63, 3.8) is 0 Å². The van der Waals surface area contributed by atoms with Crippen LogP contribution in [-0.4, -0.2) is 47.0 Å². The second kappa shape index (κ2) is 10.8. The molecular formula is C25H32N6O2S. The minimum Gasteiger partial charge on any atom is -0.476 e. The van der Waals surface area contributed by atoms with Crippen LogP contribution in [0.3, 0.4) is 0 Å². The van der Waals surface area contributed by atoms with Crippen molar-refractivity contribution >= 4 is 28.6 Å². The van der Waals surface area contributed by atoms with Crippen molar-refractivity contribution in [3.05, 3.63) is 52.0 Å². The Morgan fingerprint density at radius 2 is 1.94 bits per heavy atom. The maximum atomic E-state index is 12.6. The Bertz CT molecular complexity index is 1120. The lowest BCUT2D eigenvalue weighted by molar-refractivity contribution is 0.0929. The van der Waals surface area contributed by atoms with Gasteiger partial charge in [-0.05, 0) is 57.3 Å². The molecule has 0 radical (unpaired) electrons. The predicted octanol–water partition coefficient (Wildman–Crippen LogP) is 3.72. The smallest absolute Gasteiger partial charge is 0.270 e. The summed E-state index contributed by atoms with van der Waals surface area (Å²) in [6, 6.07) is 10.2. The van der Waals surface area contributed by atoms with E-state index in [1.54, 1.807) is 11.3 Å². The molecule has 1 saturated heterocycles. The number of aromatic nitrogens is 2. The number of likely N-dealkylation sites (tertiary alicyclic amines) is 1. The quantitative estimate of drug-likeness (QED) is 0.449. The van der Waals surface area contributed by atoms with Gasteiger partial charge in [-0.1, -0.05) is 24.3 Å². The first-order chi connectivity index (χ1) is 16.4. The zero-order chi connectivity index (χ0) is 24.1. The van der Waals surface area contributed by atoms with Crippen molar-refractivity contribution in [3.8, 4) is 17.1 Å². The standard InChI is InChI=1S/C25H32N6O2S/c1-3-33-25-23(27)20(26)12-21(30-25)24(32)28-13-17-8-10-31(11-9-17)14-18-4-6-19(7-5-18)22-15-34-16(2)29-22/h4-7,12,15,17H,3,8-11,13-14,27H2,1-2H3,(H2,26,30)(H,28,32). The summed E-state index contributed by atoms with van der Waals surface area (Å²) in [6.45, 7) is 7.82. The van der Waals surface area contributed by atoms with Crippen molar-refractivity contribution in [2.45, 2.75) is 33.2 Å². The number of nitrogens with one attached hydrogen (secondary N) is 1. The van der Waals surface area contributed by atoms with Crippen LogP contribution >= 0.6 is 11.3 Å². The lowest BCUT2D eigenvalue weighted by atomic mass is 9.96. The normalized spacial score (nSPS) is 14.8. The van der Waals surface area contributed by atoms with Gasteiger partial charge in [0.25, 0.3) is 5.91 Å². The van der Waals surface area contributed by atoms with Crippen molar-refractivity contribution in [1.82, 2.24) is 20.2 Å². The van der Waals surface area contributed by atoms with E-state index in [9.17, 15) is 4.79 Å². The third kappa shape index (κ3) is 5.84. The molecule has 0 bridgehead atoms. The molecule has 180 valence electrons. The zero-order valence-corrected chi connectivity index (χ0v) is 20.5. The highest BCUT2D eigenvalue weighted by Crippen LogP contribution is 2.26. The molecule has 3 aromatic rings. The van der Waals surface area contributed by atoms with Crippen LogP contribution in [0.5, 0.6) is 5.88 Å². The maximum Gasteiger partial charge on any atom is 0.270 e. The van der Waals surface area contributed by atoms with Gasteiger partial charge in [-0.3, -0.25) is 9.69 Å². The van der Waals surface area contributed by atoms with E-state index in [-0.39, 0.29) is 23.2 Å². The number of carbonyl (C=O) groups is 1. The van der Waals surface area contributed by atoms with Gasteiger partial charge in [0, 0.05) is 24.0 Å². The molecule has 0 aliphatic carbocycles. The lowest BCUT2D eigenvalue weighted by Gasteiger charge is -2.32. The summed E-state index contributed by atoms with van der Waals surface area (Å²) in [6.07, 6.45) is 2.08. The van der Waals surface area contributed by atoms with Gasteiger partial charge in [-0.15, -0.1) is 11.3 Å². The molecule has 2 aromatic heterocycles. The van der Waals surface area contributed by atoms with Gasteiger partial charge in [0.15, 0.2) is 0 Å². The third-order valence-corrected chi connectivity index (χ3v) is 6.88. The summed E-state index contributed by atoms with van der Waals surface area (Å²) >= 11 is 1.67. The first kappa shape index (κ1) is 24.0. The number of nitrogen functional groups attached to an aromatic ring is 2. The van der Waals surface area contributed by atoms with E-state index in [0.717, 1.165) is 48.7 Å². The number of hydrogen-bond donors (Lipinski definition) is 3. The Morgan fingerprint density at radius 1 is 1.21 bits per heavy atom.